The molecule has 0 saturated heterocycles. The van der Waals surface area contributed by atoms with Gasteiger partial charge in [0.1, 0.15) is 17.3 Å². The van der Waals surface area contributed by atoms with Crippen molar-refractivity contribution in [1.29, 1.82) is 0 Å². The minimum atomic E-state index is -0.606. The van der Waals surface area contributed by atoms with Crippen LogP contribution in [0.2, 0.25) is 5.02 Å². The molecule has 4 rings (SSSR count). The van der Waals surface area contributed by atoms with Crippen molar-refractivity contribution in [3.63, 3.8) is 0 Å². The Kier molecular flexibility index (Phi) is 7.51. The lowest BCUT2D eigenvalue weighted by Gasteiger charge is -2.27. The maximum Gasteiger partial charge on any atom is 0.322 e. The molecule has 2 amide bonds. The van der Waals surface area contributed by atoms with Gasteiger partial charge < -0.3 is 19.7 Å². The van der Waals surface area contributed by atoms with Crippen molar-refractivity contribution in [3.05, 3.63) is 86.3 Å². The van der Waals surface area contributed by atoms with Crippen LogP contribution in [0.1, 0.15) is 18.8 Å². The lowest BCUT2D eigenvalue weighted by Crippen LogP contribution is -2.37. The molecule has 0 aliphatic carbocycles. The maximum atomic E-state index is 13.8. The lowest BCUT2D eigenvalue weighted by atomic mass is 10.2. The predicted molar refractivity (Wildman–Crippen MR) is 145 cm³/mol. The first kappa shape index (κ1) is 25.5. The Bertz CT molecular complexity index is 1510. The molecule has 1 aromatic heterocycles. The fourth-order valence-corrected chi connectivity index (χ4v) is 4.54. The molecule has 36 heavy (non-hydrogen) atoms. The normalized spacial score (nSPS) is 11.7. The highest BCUT2D eigenvalue weighted by atomic mass is 79.9. The van der Waals surface area contributed by atoms with Crippen LogP contribution in [0.3, 0.4) is 0 Å². The number of fused-ring (bicyclic) bond motifs is 1. The Balaban J connectivity index is 1.87. The van der Waals surface area contributed by atoms with Crippen molar-refractivity contribution in [2.75, 3.05) is 26.6 Å². The second kappa shape index (κ2) is 10.6. The van der Waals surface area contributed by atoms with Gasteiger partial charge in [0.05, 0.1) is 41.3 Å². The summed E-state index contributed by atoms with van der Waals surface area (Å²) in [6.07, 6.45) is 0. The molecule has 1 atom stereocenters. The van der Waals surface area contributed by atoms with Gasteiger partial charge in [-0.2, -0.15) is 0 Å². The summed E-state index contributed by atoms with van der Waals surface area (Å²) < 4.78 is 13.0. The third-order valence-corrected chi connectivity index (χ3v) is 6.87. The van der Waals surface area contributed by atoms with Gasteiger partial charge in [-0.05, 0) is 53.2 Å². The van der Waals surface area contributed by atoms with Crippen molar-refractivity contribution in [3.8, 4) is 17.2 Å². The van der Waals surface area contributed by atoms with Gasteiger partial charge in [-0.1, -0.05) is 29.8 Å². The van der Waals surface area contributed by atoms with E-state index in [1.165, 1.54) is 23.7 Å². The van der Waals surface area contributed by atoms with Gasteiger partial charge in [-0.3, -0.25) is 9.36 Å². The number of anilines is 1. The number of hydrogen-bond acceptors (Lipinski definition) is 5. The standard InChI is InChI=1S/C26H24BrClN4O4/c1-15(31(2)26(34)29-17-9-7-8-16(28)12-17)24-30-20-11-6-5-10-19(20)25(33)32(24)21-13-18(35-3)14-22(36-4)23(21)27/h5-15H,1-4H3,(H,29,34). The number of nitrogens with zero attached hydrogens (tertiary/aromatic N) is 3. The molecule has 3 aromatic carbocycles. The smallest absolute Gasteiger partial charge is 0.322 e. The number of para-hydroxylation sites is 1. The predicted octanol–water partition coefficient (Wildman–Crippen LogP) is 6.04. The largest absolute Gasteiger partial charge is 0.497 e. The molecule has 0 spiro atoms. The van der Waals surface area contributed by atoms with E-state index in [0.29, 0.717) is 49.1 Å². The molecule has 0 aliphatic heterocycles. The summed E-state index contributed by atoms with van der Waals surface area (Å²) in [5, 5.41) is 3.77. The van der Waals surface area contributed by atoms with Gasteiger partial charge in [0.2, 0.25) is 0 Å². The van der Waals surface area contributed by atoms with Crippen LogP contribution in [-0.4, -0.2) is 41.7 Å². The number of carbonyl (C=O) groups is 1. The molecule has 0 radical (unpaired) electrons. The minimum absolute atomic E-state index is 0.290. The van der Waals surface area contributed by atoms with Crippen molar-refractivity contribution in [2.24, 2.45) is 0 Å². The van der Waals surface area contributed by atoms with Crippen LogP contribution in [0.25, 0.3) is 16.6 Å². The molecule has 186 valence electrons. The number of nitrogens with one attached hydrogen (secondary N) is 1. The number of carbonyl (C=O) groups excluding carboxylic acids is 1. The zero-order chi connectivity index (χ0) is 26.0. The summed E-state index contributed by atoms with van der Waals surface area (Å²) in [6, 6.07) is 16.4. The van der Waals surface area contributed by atoms with Crippen molar-refractivity contribution in [1.82, 2.24) is 14.5 Å². The van der Waals surface area contributed by atoms with Crippen molar-refractivity contribution in [2.45, 2.75) is 13.0 Å². The number of urea groups is 1. The second-order valence-corrected chi connectivity index (χ2v) is 9.25. The Labute approximate surface area is 221 Å². The van der Waals surface area contributed by atoms with Gasteiger partial charge in [-0.25, -0.2) is 9.78 Å². The lowest BCUT2D eigenvalue weighted by molar-refractivity contribution is 0.205. The monoisotopic (exact) mass is 570 g/mol. The van der Waals surface area contributed by atoms with Crippen LogP contribution in [-0.2, 0) is 0 Å². The molecule has 0 saturated carbocycles. The van der Waals surface area contributed by atoms with E-state index in [2.05, 4.69) is 21.2 Å². The average Bonchev–Trinajstić information content (AvgIpc) is 2.88. The summed E-state index contributed by atoms with van der Waals surface area (Å²) in [6.45, 7) is 1.80. The van der Waals surface area contributed by atoms with E-state index < -0.39 is 6.04 Å². The molecule has 1 N–H and O–H groups in total. The minimum Gasteiger partial charge on any atom is -0.497 e. The van der Waals surface area contributed by atoms with Crippen LogP contribution in [0.4, 0.5) is 10.5 Å². The van der Waals surface area contributed by atoms with Crippen LogP contribution in [0, 0.1) is 0 Å². The average molecular weight is 572 g/mol. The first-order chi connectivity index (χ1) is 17.2. The molecule has 0 aliphatic rings. The summed E-state index contributed by atoms with van der Waals surface area (Å²) >= 11 is 9.62. The van der Waals surface area contributed by atoms with Crippen molar-refractivity contribution < 1.29 is 14.3 Å². The quantitative estimate of drug-likeness (QED) is 0.305. The SMILES string of the molecule is COc1cc(OC)c(Br)c(-n2c(C(C)N(C)C(=O)Nc3cccc(Cl)c3)nc3ccccc3c2=O)c1. The number of hydrogen-bond donors (Lipinski definition) is 1. The number of methoxy groups -OCH3 is 2. The van der Waals surface area contributed by atoms with E-state index in [1.54, 1.807) is 68.6 Å². The summed E-state index contributed by atoms with van der Waals surface area (Å²) in [7, 11) is 4.70. The van der Waals surface area contributed by atoms with E-state index in [9.17, 15) is 9.59 Å². The first-order valence-electron chi connectivity index (χ1n) is 11.0. The Hall–Kier alpha value is -3.56. The van der Waals surface area contributed by atoms with E-state index in [1.807, 2.05) is 6.07 Å². The zero-order valence-corrected chi connectivity index (χ0v) is 22.4. The van der Waals surface area contributed by atoms with E-state index in [0.717, 1.165) is 0 Å². The van der Waals surface area contributed by atoms with E-state index in [4.69, 9.17) is 26.1 Å². The van der Waals surface area contributed by atoms with E-state index >= 15 is 0 Å². The summed E-state index contributed by atoms with van der Waals surface area (Å²) in [4.78, 5) is 33.2. The maximum absolute atomic E-state index is 13.8. The zero-order valence-electron chi connectivity index (χ0n) is 20.1. The molecular formula is C26H24BrClN4O4. The summed E-state index contributed by atoms with van der Waals surface area (Å²) in [5.41, 5.74) is 1.26. The number of aromatic nitrogens is 2. The molecule has 1 unspecified atom stereocenters. The molecule has 4 aromatic rings. The number of ether oxygens (including phenoxy) is 2. The van der Waals surface area contributed by atoms with Crippen molar-refractivity contribution >= 4 is 50.2 Å². The van der Waals surface area contributed by atoms with Crippen LogP contribution >= 0.6 is 27.5 Å². The molecule has 8 nitrogen and oxygen atoms in total. The van der Waals surface area contributed by atoms with Gasteiger partial charge in [0.15, 0.2) is 0 Å². The molecule has 10 heteroatoms. The first-order valence-corrected chi connectivity index (χ1v) is 12.1. The second-order valence-electron chi connectivity index (χ2n) is 8.02. The number of rotatable bonds is 6. The summed E-state index contributed by atoms with van der Waals surface area (Å²) in [5.74, 6) is 1.34. The highest BCUT2D eigenvalue weighted by Crippen LogP contribution is 2.36. The van der Waals surface area contributed by atoms with Crippen LogP contribution in [0.5, 0.6) is 11.5 Å². The van der Waals surface area contributed by atoms with Crippen LogP contribution in [0.15, 0.2) is 69.9 Å². The molecule has 1 heterocycles. The highest BCUT2D eigenvalue weighted by Gasteiger charge is 2.26. The topological polar surface area (TPSA) is 85.7 Å². The Morgan fingerprint density at radius 1 is 1.11 bits per heavy atom. The Morgan fingerprint density at radius 3 is 2.56 bits per heavy atom. The Morgan fingerprint density at radius 2 is 1.86 bits per heavy atom. The third kappa shape index (κ3) is 4.89. The molecule has 0 fully saturated rings. The fourth-order valence-electron chi connectivity index (χ4n) is 3.78. The van der Waals surface area contributed by atoms with Gasteiger partial charge in [0, 0.05) is 29.9 Å². The molecular weight excluding hydrogens is 548 g/mol. The number of amides is 2. The molecule has 0 bridgehead atoms. The van der Waals surface area contributed by atoms with Gasteiger partial charge in [-0.15, -0.1) is 0 Å². The van der Waals surface area contributed by atoms with Crippen LogP contribution < -0.4 is 20.3 Å². The highest BCUT2D eigenvalue weighted by molar-refractivity contribution is 9.10. The van der Waals surface area contributed by atoms with Gasteiger partial charge in [0.25, 0.3) is 5.56 Å². The van der Waals surface area contributed by atoms with E-state index in [-0.39, 0.29) is 11.6 Å². The van der Waals surface area contributed by atoms with Gasteiger partial charge >= 0.3 is 6.03 Å². The number of benzene rings is 3. The fraction of sp³-hybridized carbons (Fsp3) is 0.192. The third-order valence-electron chi connectivity index (χ3n) is 5.84. The number of halogens is 2.